The van der Waals surface area contributed by atoms with Crippen LogP contribution in [0.3, 0.4) is 0 Å². The van der Waals surface area contributed by atoms with Crippen LogP contribution in [0.4, 0.5) is 22.7 Å². The molecule has 15 rings (SSSR count). The van der Waals surface area contributed by atoms with Crippen LogP contribution in [0.25, 0.3) is 64.6 Å². The zero-order chi connectivity index (χ0) is 65.6. The third-order valence-electron chi connectivity index (χ3n) is 20.6. The van der Waals surface area contributed by atoms with Crippen LogP contribution in [0.5, 0.6) is 23.0 Å². The second-order valence-electron chi connectivity index (χ2n) is 26.9. The Kier molecular flexibility index (Phi) is 17.7. The Morgan fingerprint density at radius 3 is 1.05 bits per heavy atom. The number of hydrogen-bond acceptors (Lipinski definition) is 10. The van der Waals surface area contributed by atoms with E-state index in [9.17, 15) is 19.2 Å². The Bertz CT molecular complexity index is 4470. The molecular weight excluding hydrogens is 1190 g/mol. The smallest absolute Gasteiger partial charge is 0.265 e. The van der Waals surface area contributed by atoms with Gasteiger partial charge in [0.1, 0.15) is 23.0 Å². The van der Waals surface area contributed by atoms with Crippen molar-refractivity contribution in [3.63, 3.8) is 0 Å². The quantitative estimate of drug-likeness (QED) is 0.0203. The standard InChI is InChI=1S/C84H84N4O8/c1-5-9-13-17-43-85(44-18-14-10-6-2)69-41-39-67-75-61(69)23-21-25-65(75)81(89)87(83(67)91)57-29-33-59(34-30-57)95-71-47-55-51-93-49-53-28-38-64-78-72(48-56-52-94-50-54-27-37-63(80(78)74(54)56)77(71)79(64)73(53)55)96-60-35-31-58(32-36-60)88-82(90)66-26-22-24-62-70(42-40-68(76(62)66)84(88)92)86(45-19-15-11-7-3)46-20-16-12-8-4/h21-42,47-48H,5-20,43-46,49-52H2,1-4H3. The van der Waals surface area contributed by atoms with E-state index in [0.717, 1.165) is 150 Å². The molecule has 0 fully saturated rings. The van der Waals surface area contributed by atoms with Gasteiger partial charge in [0.2, 0.25) is 0 Å². The Labute approximate surface area is 562 Å². The van der Waals surface area contributed by atoms with Crippen LogP contribution >= 0.6 is 0 Å². The van der Waals surface area contributed by atoms with Gasteiger partial charge in [-0.3, -0.25) is 19.2 Å². The fraction of sp³-hybridized carbons (Fsp3) is 0.333. The number of carbonyl (C=O) groups excluding carboxylic acids is 4. The van der Waals surface area contributed by atoms with Crippen molar-refractivity contribution in [2.24, 2.45) is 0 Å². The highest BCUT2D eigenvalue weighted by Crippen LogP contribution is 2.53. The predicted octanol–water partition coefficient (Wildman–Crippen LogP) is 21.2. The molecule has 0 unspecified atom stereocenters. The van der Waals surface area contributed by atoms with E-state index in [1.807, 2.05) is 60.7 Å². The Hall–Kier alpha value is -9.36. The van der Waals surface area contributed by atoms with Gasteiger partial charge in [-0.25, -0.2) is 9.80 Å². The van der Waals surface area contributed by atoms with Crippen LogP contribution in [0.2, 0.25) is 0 Å². The summed E-state index contributed by atoms with van der Waals surface area (Å²) in [6, 6.07) is 47.3. The maximum absolute atomic E-state index is 14.7. The highest BCUT2D eigenvalue weighted by Gasteiger charge is 2.38. The van der Waals surface area contributed by atoms with Crippen molar-refractivity contribution >= 4 is 111 Å². The molecule has 0 atom stereocenters. The molecule has 0 saturated carbocycles. The summed E-state index contributed by atoms with van der Waals surface area (Å²) in [6.45, 7) is 14.4. The summed E-state index contributed by atoms with van der Waals surface area (Å²) in [5.41, 5.74) is 9.32. The lowest BCUT2D eigenvalue weighted by molar-refractivity contribution is 0.0877. The van der Waals surface area contributed by atoms with E-state index < -0.39 is 0 Å². The summed E-state index contributed by atoms with van der Waals surface area (Å²) in [5.74, 6) is 0.986. The molecule has 11 aromatic carbocycles. The van der Waals surface area contributed by atoms with Gasteiger partial charge in [0.25, 0.3) is 23.6 Å². The molecular formula is C84H84N4O8. The normalized spacial score (nSPS) is 14.2. The molecule has 4 heterocycles. The lowest BCUT2D eigenvalue weighted by Gasteiger charge is -2.31. The molecule has 0 spiro atoms. The number of carbonyl (C=O) groups is 4. The van der Waals surface area contributed by atoms with Gasteiger partial charge in [-0.1, -0.05) is 153 Å². The van der Waals surface area contributed by atoms with Gasteiger partial charge < -0.3 is 28.7 Å². The molecule has 12 heteroatoms. The predicted molar refractivity (Wildman–Crippen MR) is 389 cm³/mol. The Balaban J connectivity index is 0.745. The molecule has 11 aromatic rings. The fourth-order valence-corrected chi connectivity index (χ4v) is 15.9. The van der Waals surface area contributed by atoms with Crippen LogP contribution in [0.15, 0.2) is 146 Å². The molecule has 4 amide bonds. The summed E-state index contributed by atoms with van der Waals surface area (Å²) >= 11 is 0. The van der Waals surface area contributed by atoms with Crippen molar-refractivity contribution < 1.29 is 38.1 Å². The maximum atomic E-state index is 14.7. The summed E-state index contributed by atoms with van der Waals surface area (Å²) in [4.78, 5) is 66.6. The van der Waals surface area contributed by atoms with E-state index in [1.54, 1.807) is 24.3 Å². The van der Waals surface area contributed by atoms with Crippen molar-refractivity contribution in [2.45, 2.75) is 157 Å². The second-order valence-corrected chi connectivity index (χ2v) is 26.9. The van der Waals surface area contributed by atoms with E-state index in [-0.39, 0.29) is 23.6 Å². The van der Waals surface area contributed by atoms with Gasteiger partial charge >= 0.3 is 0 Å². The largest absolute Gasteiger partial charge is 0.457 e. The fourth-order valence-electron chi connectivity index (χ4n) is 15.9. The van der Waals surface area contributed by atoms with Gasteiger partial charge in [-0.05, 0) is 167 Å². The number of unbranched alkanes of at least 4 members (excludes halogenated alkanes) is 12. The van der Waals surface area contributed by atoms with Gasteiger partial charge in [0, 0.05) is 103 Å². The second kappa shape index (κ2) is 27.0. The SMILES string of the molecule is CCCCCCN(CCCCCC)c1ccc2c3c(cccc13)C(=O)N(c1ccc(Oc3cc4c5c(ccc6c7c(Oc8ccc(N9C(=O)c%10cccc%11c(N(CCCCCC)CCCCCC)ccc(c%10%11)C9=O)cc8)cc8c9c(ccc(c3c56)c97)COC8)COC4)cc1)C2=O. The molecule has 96 heavy (non-hydrogen) atoms. The van der Waals surface area contributed by atoms with Crippen LogP contribution in [-0.4, -0.2) is 49.8 Å². The Morgan fingerprint density at radius 1 is 0.333 bits per heavy atom. The van der Waals surface area contributed by atoms with E-state index in [4.69, 9.17) is 18.9 Å². The van der Waals surface area contributed by atoms with E-state index in [1.165, 1.54) is 86.8 Å². The lowest BCUT2D eigenvalue weighted by Crippen LogP contribution is -2.40. The highest BCUT2D eigenvalue weighted by atomic mass is 16.5. The first-order valence-corrected chi connectivity index (χ1v) is 35.5. The van der Waals surface area contributed by atoms with E-state index >= 15 is 0 Å². The highest BCUT2D eigenvalue weighted by molar-refractivity contribution is 6.39. The van der Waals surface area contributed by atoms with Gasteiger partial charge in [-0.15, -0.1) is 0 Å². The molecule has 488 valence electrons. The van der Waals surface area contributed by atoms with Crippen molar-refractivity contribution in [3.8, 4) is 23.0 Å². The van der Waals surface area contributed by atoms with Crippen molar-refractivity contribution in [1.82, 2.24) is 0 Å². The average molecular weight is 1280 g/mol. The van der Waals surface area contributed by atoms with Gasteiger partial charge in [-0.2, -0.15) is 0 Å². The van der Waals surface area contributed by atoms with Crippen LogP contribution in [0.1, 0.15) is 194 Å². The van der Waals surface area contributed by atoms with Gasteiger partial charge in [0.15, 0.2) is 0 Å². The third-order valence-corrected chi connectivity index (χ3v) is 20.6. The summed E-state index contributed by atoms with van der Waals surface area (Å²) < 4.78 is 26.7. The number of imide groups is 2. The van der Waals surface area contributed by atoms with Crippen molar-refractivity contribution in [3.05, 3.63) is 190 Å². The molecule has 4 aliphatic heterocycles. The number of anilines is 4. The summed E-state index contributed by atoms with van der Waals surface area (Å²) in [6.07, 6.45) is 18.6. The van der Waals surface area contributed by atoms with Gasteiger partial charge in [0.05, 0.1) is 37.8 Å². The number of rotatable bonds is 28. The van der Waals surface area contributed by atoms with Crippen molar-refractivity contribution in [2.75, 3.05) is 45.8 Å². The monoisotopic (exact) mass is 1280 g/mol. The third kappa shape index (κ3) is 11.1. The molecule has 0 aromatic heterocycles. The van der Waals surface area contributed by atoms with E-state index in [0.29, 0.717) is 83.1 Å². The number of fused-ring (bicyclic) bond motifs is 2. The minimum atomic E-state index is -0.348. The van der Waals surface area contributed by atoms with E-state index in [2.05, 4.69) is 98.2 Å². The molecule has 0 radical (unpaired) electrons. The first-order valence-electron chi connectivity index (χ1n) is 35.5. The minimum Gasteiger partial charge on any atom is -0.457 e. The van der Waals surface area contributed by atoms with Crippen LogP contribution in [-0.2, 0) is 35.9 Å². The number of benzene rings is 11. The minimum absolute atomic E-state index is 0.348. The molecule has 0 aliphatic carbocycles. The Morgan fingerprint density at radius 2 is 0.688 bits per heavy atom. The van der Waals surface area contributed by atoms with Crippen LogP contribution in [0, 0.1) is 0 Å². The lowest BCUT2D eigenvalue weighted by atomic mass is 9.83. The molecule has 12 nitrogen and oxygen atoms in total. The van der Waals surface area contributed by atoms with Crippen molar-refractivity contribution in [1.29, 1.82) is 0 Å². The number of hydrogen-bond donors (Lipinski definition) is 0. The number of ether oxygens (including phenoxy) is 4. The van der Waals surface area contributed by atoms with Crippen LogP contribution < -0.4 is 29.1 Å². The number of nitrogens with zero attached hydrogens (tertiary/aromatic N) is 4. The number of amides is 4. The zero-order valence-electron chi connectivity index (χ0n) is 55.9. The topological polar surface area (TPSA) is 118 Å². The summed E-state index contributed by atoms with van der Waals surface area (Å²) in [7, 11) is 0. The summed E-state index contributed by atoms with van der Waals surface area (Å²) in [5, 5.41) is 11.6. The first-order chi connectivity index (χ1) is 47.2. The molecule has 0 bridgehead atoms. The average Bonchev–Trinajstić information content (AvgIpc) is 0.695. The molecule has 4 aliphatic rings. The molecule has 0 saturated heterocycles. The molecule has 0 N–H and O–H groups in total. The zero-order valence-corrected chi connectivity index (χ0v) is 55.9. The first kappa shape index (κ1) is 62.7. The maximum Gasteiger partial charge on any atom is 0.265 e.